The van der Waals surface area contributed by atoms with E-state index in [1.54, 1.807) is 42.5 Å². The summed E-state index contributed by atoms with van der Waals surface area (Å²) in [4.78, 5) is 12.5. The summed E-state index contributed by atoms with van der Waals surface area (Å²) in [5.74, 6) is -0.814. The molecule has 8 nitrogen and oxygen atoms in total. The first-order chi connectivity index (χ1) is 15.8. The van der Waals surface area contributed by atoms with Crippen LogP contribution in [0, 0.1) is 6.92 Å². The molecule has 1 amide bonds. The summed E-state index contributed by atoms with van der Waals surface area (Å²) in [6.45, 7) is 2.62. The SMILES string of the molecule is Cc1ccc(S(=O)(=O)Nc2cccc(-c3cccc(NC(=O)[C@@H]4CCCN4)c3O)c2O)cc1. The number of nitrogens with one attached hydrogen (secondary N) is 3. The first kappa shape index (κ1) is 22.6. The summed E-state index contributed by atoms with van der Waals surface area (Å²) in [5, 5.41) is 27.4. The topological polar surface area (TPSA) is 128 Å². The number of phenolic OH excluding ortho intramolecular Hbond substituents is 2. The van der Waals surface area contributed by atoms with Crippen molar-refractivity contribution in [3.8, 4) is 22.6 Å². The maximum atomic E-state index is 12.8. The van der Waals surface area contributed by atoms with Crippen LogP contribution < -0.4 is 15.4 Å². The molecule has 3 aromatic rings. The van der Waals surface area contributed by atoms with Crippen LogP contribution in [0.2, 0.25) is 0 Å². The Kier molecular flexibility index (Phi) is 6.26. The van der Waals surface area contributed by atoms with Crippen molar-refractivity contribution >= 4 is 27.3 Å². The van der Waals surface area contributed by atoms with Gasteiger partial charge in [-0.2, -0.15) is 0 Å². The van der Waals surface area contributed by atoms with Crippen LogP contribution >= 0.6 is 0 Å². The van der Waals surface area contributed by atoms with Gasteiger partial charge >= 0.3 is 0 Å². The number of amides is 1. The van der Waals surface area contributed by atoms with Gasteiger partial charge in [0.25, 0.3) is 10.0 Å². The number of sulfonamides is 1. The predicted octanol–water partition coefficient (Wildman–Crippen LogP) is 3.56. The van der Waals surface area contributed by atoms with Crippen molar-refractivity contribution in [1.82, 2.24) is 5.32 Å². The van der Waals surface area contributed by atoms with Gasteiger partial charge in [-0.25, -0.2) is 8.42 Å². The van der Waals surface area contributed by atoms with Crippen molar-refractivity contribution in [3.05, 3.63) is 66.2 Å². The molecule has 3 aromatic carbocycles. The van der Waals surface area contributed by atoms with Gasteiger partial charge in [0.2, 0.25) is 5.91 Å². The number of rotatable bonds is 6. The molecule has 0 spiro atoms. The highest BCUT2D eigenvalue weighted by Crippen LogP contribution is 2.42. The quantitative estimate of drug-likeness (QED) is 0.353. The van der Waals surface area contributed by atoms with Crippen molar-refractivity contribution in [1.29, 1.82) is 0 Å². The highest BCUT2D eigenvalue weighted by atomic mass is 32.2. The van der Waals surface area contributed by atoms with E-state index in [0.717, 1.165) is 24.9 Å². The number of benzene rings is 3. The second-order valence-corrected chi connectivity index (χ2v) is 9.64. The van der Waals surface area contributed by atoms with E-state index < -0.39 is 10.0 Å². The highest BCUT2D eigenvalue weighted by Gasteiger charge is 2.24. The zero-order valence-electron chi connectivity index (χ0n) is 18.0. The van der Waals surface area contributed by atoms with Crippen LogP contribution in [0.5, 0.6) is 11.5 Å². The highest BCUT2D eigenvalue weighted by molar-refractivity contribution is 7.92. The standard InChI is InChI=1S/C24H25N3O5S/c1-15-10-12-16(13-11-15)33(31,32)27-20-8-3-6-18(23(20)29)17-5-2-7-19(22(17)28)26-24(30)21-9-4-14-25-21/h2-3,5-8,10-13,21,25,27-29H,4,9,14H2,1H3,(H,26,30)/t21-/m0/s1. The normalized spacial score (nSPS) is 15.8. The predicted molar refractivity (Wildman–Crippen MR) is 127 cm³/mol. The molecule has 0 unspecified atom stereocenters. The van der Waals surface area contributed by atoms with Crippen LogP contribution in [0.1, 0.15) is 18.4 Å². The van der Waals surface area contributed by atoms with Crippen molar-refractivity contribution in [3.63, 3.8) is 0 Å². The van der Waals surface area contributed by atoms with E-state index in [4.69, 9.17) is 0 Å². The van der Waals surface area contributed by atoms with Gasteiger partial charge in [0.05, 0.1) is 22.3 Å². The maximum absolute atomic E-state index is 12.8. The second kappa shape index (κ2) is 9.13. The average molecular weight is 468 g/mol. The van der Waals surface area contributed by atoms with Crippen LogP contribution in [0.4, 0.5) is 11.4 Å². The van der Waals surface area contributed by atoms with E-state index in [-0.39, 0.29) is 50.8 Å². The minimum Gasteiger partial charge on any atom is -0.505 e. The molecule has 1 aliphatic rings. The third-order valence-corrected chi connectivity index (χ3v) is 6.95. The number of aromatic hydroxyl groups is 2. The van der Waals surface area contributed by atoms with Gasteiger partial charge in [-0.05, 0) is 50.6 Å². The van der Waals surface area contributed by atoms with E-state index in [2.05, 4.69) is 15.4 Å². The van der Waals surface area contributed by atoms with Gasteiger partial charge in [0.1, 0.15) is 11.5 Å². The molecule has 1 heterocycles. The Hall–Kier alpha value is -3.56. The Labute approximate surface area is 192 Å². The molecule has 5 N–H and O–H groups in total. The summed E-state index contributed by atoms with van der Waals surface area (Å²) in [6.07, 6.45) is 1.62. The molecule has 1 saturated heterocycles. The lowest BCUT2D eigenvalue weighted by Crippen LogP contribution is -2.35. The molecule has 33 heavy (non-hydrogen) atoms. The van der Waals surface area contributed by atoms with Crippen molar-refractivity contribution in [2.45, 2.75) is 30.7 Å². The molecule has 172 valence electrons. The van der Waals surface area contributed by atoms with E-state index in [0.29, 0.717) is 0 Å². The lowest BCUT2D eigenvalue weighted by molar-refractivity contribution is -0.117. The van der Waals surface area contributed by atoms with E-state index >= 15 is 0 Å². The average Bonchev–Trinajstić information content (AvgIpc) is 3.32. The first-order valence-corrected chi connectivity index (χ1v) is 12.0. The van der Waals surface area contributed by atoms with E-state index in [1.165, 1.54) is 18.2 Å². The Balaban J connectivity index is 1.63. The minimum atomic E-state index is -3.93. The minimum absolute atomic E-state index is 0.0305. The van der Waals surface area contributed by atoms with Crippen molar-refractivity contribution in [2.24, 2.45) is 0 Å². The zero-order chi connectivity index (χ0) is 23.6. The molecule has 1 fully saturated rings. The molecular weight excluding hydrogens is 442 g/mol. The fourth-order valence-corrected chi connectivity index (χ4v) is 4.82. The molecule has 9 heteroatoms. The van der Waals surface area contributed by atoms with Gasteiger partial charge in [-0.15, -0.1) is 0 Å². The molecular formula is C24H25N3O5S. The number of carbonyl (C=O) groups excluding carboxylic acids is 1. The summed E-state index contributed by atoms with van der Waals surface area (Å²) in [6, 6.07) is 15.3. The Morgan fingerprint density at radius 3 is 2.15 bits per heavy atom. The van der Waals surface area contributed by atoms with E-state index in [1.807, 2.05) is 6.92 Å². The summed E-state index contributed by atoms with van der Waals surface area (Å²) >= 11 is 0. The third kappa shape index (κ3) is 4.79. The molecule has 1 aliphatic heterocycles. The number of phenols is 2. The molecule has 4 rings (SSSR count). The number of hydrogen-bond acceptors (Lipinski definition) is 6. The second-order valence-electron chi connectivity index (χ2n) is 7.96. The third-order valence-electron chi connectivity index (χ3n) is 5.57. The van der Waals surface area contributed by atoms with E-state index in [9.17, 15) is 23.4 Å². The smallest absolute Gasteiger partial charge is 0.262 e. The molecule has 0 radical (unpaired) electrons. The molecule has 0 aromatic heterocycles. The van der Waals surface area contributed by atoms with Gasteiger partial charge < -0.3 is 20.8 Å². The fraction of sp³-hybridized carbons (Fsp3) is 0.208. The summed E-state index contributed by atoms with van der Waals surface area (Å²) in [5.41, 5.74) is 1.56. The molecule has 0 bridgehead atoms. The van der Waals surface area contributed by atoms with Crippen molar-refractivity contribution in [2.75, 3.05) is 16.6 Å². The lowest BCUT2D eigenvalue weighted by Gasteiger charge is -2.16. The Morgan fingerprint density at radius 1 is 0.939 bits per heavy atom. The molecule has 1 atom stereocenters. The van der Waals surface area contributed by atoms with Crippen LogP contribution in [-0.4, -0.2) is 37.1 Å². The lowest BCUT2D eigenvalue weighted by atomic mass is 10.0. The number of anilines is 2. The molecule has 0 saturated carbocycles. The number of hydrogen-bond donors (Lipinski definition) is 5. The van der Waals surface area contributed by atoms with Crippen LogP contribution in [0.25, 0.3) is 11.1 Å². The first-order valence-electron chi connectivity index (χ1n) is 10.5. The van der Waals surface area contributed by atoms with Crippen LogP contribution in [-0.2, 0) is 14.8 Å². The van der Waals surface area contributed by atoms with Gasteiger partial charge in [0, 0.05) is 11.1 Å². The van der Waals surface area contributed by atoms with Crippen molar-refractivity contribution < 1.29 is 23.4 Å². The number of carbonyl (C=O) groups is 1. The number of para-hydroxylation sites is 2. The van der Waals surface area contributed by atoms with Gasteiger partial charge in [0.15, 0.2) is 0 Å². The van der Waals surface area contributed by atoms with Gasteiger partial charge in [-0.3, -0.25) is 9.52 Å². The van der Waals surface area contributed by atoms with Gasteiger partial charge in [-0.1, -0.05) is 42.0 Å². The number of aryl methyl sites for hydroxylation is 1. The summed E-state index contributed by atoms with van der Waals surface area (Å²) in [7, 11) is -3.93. The Morgan fingerprint density at radius 2 is 1.55 bits per heavy atom. The summed E-state index contributed by atoms with van der Waals surface area (Å²) < 4.78 is 27.9. The maximum Gasteiger partial charge on any atom is 0.262 e. The van der Waals surface area contributed by atoms with Crippen LogP contribution in [0.3, 0.4) is 0 Å². The monoisotopic (exact) mass is 467 g/mol. The Bertz CT molecular complexity index is 1280. The molecule has 0 aliphatic carbocycles. The van der Waals surface area contributed by atoms with Crippen LogP contribution in [0.15, 0.2) is 65.6 Å². The fourth-order valence-electron chi connectivity index (χ4n) is 3.75. The zero-order valence-corrected chi connectivity index (χ0v) is 18.8. The largest absolute Gasteiger partial charge is 0.505 e.